The van der Waals surface area contributed by atoms with Gasteiger partial charge in [0.1, 0.15) is 0 Å². The third-order valence-corrected chi connectivity index (χ3v) is 3.97. The summed E-state index contributed by atoms with van der Waals surface area (Å²) in [4.78, 5) is 6.90. The smallest absolute Gasteiger partial charge is 0.244 e. The van der Waals surface area contributed by atoms with E-state index in [0.29, 0.717) is 5.95 Å². The van der Waals surface area contributed by atoms with Crippen LogP contribution in [0.1, 0.15) is 58.8 Å². The van der Waals surface area contributed by atoms with E-state index in [1.807, 2.05) is 0 Å². The van der Waals surface area contributed by atoms with Gasteiger partial charge in [-0.2, -0.15) is 10.1 Å². The van der Waals surface area contributed by atoms with E-state index < -0.39 is 0 Å². The second kappa shape index (κ2) is 9.38. The highest BCUT2D eigenvalue weighted by molar-refractivity contribution is 5.40. The maximum Gasteiger partial charge on any atom is 0.244 e. The van der Waals surface area contributed by atoms with Gasteiger partial charge < -0.3 is 10.2 Å². The van der Waals surface area contributed by atoms with Crippen LogP contribution in [0.25, 0.3) is 0 Å². The Morgan fingerprint density at radius 1 is 1.18 bits per heavy atom. The topological polar surface area (TPSA) is 53.9 Å². The molecule has 0 saturated heterocycles. The van der Waals surface area contributed by atoms with Crippen LogP contribution in [0.15, 0.2) is 17.8 Å². The maximum absolute atomic E-state index is 4.61. The Morgan fingerprint density at radius 3 is 2.68 bits per heavy atom. The number of allylic oxidation sites excluding steroid dienone is 1. The lowest BCUT2D eigenvalue weighted by Crippen LogP contribution is -2.26. The molecule has 122 valence electrons. The number of hydrogen-bond acceptors (Lipinski definition) is 5. The van der Waals surface area contributed by atoms with Crippen molar-refractivity contribution in [2.45, 2.75) is 58.8 Å². The van der Waals surface area contributed by atoms with E-state index in [4.69, 9.17) is 0 Å². The average Bonchev–Trinajstić information content (AvgIpc) is 2.56. The van der Waals surface area contributed by atoms with Crippen molar-refractivity contribution in [2.75, 3.05) is 29.9 Å². The fourth-order valence-corrected chi connectivity index (χ4v) is 2.87. The number of anilines is 2. The van der Waals surface area contributed by atoms with Crippen LogP contribution in [0, 0.1) is 0 Å². The van der Waals surface area contributed by atoms with Crippen LogP contribution in [0.2, 0.25) is 0 Å². The fourth-order valence-electron chi connectivity index (χ4n) is 2.87. The minimum Gasteiger partial charge on any atom is -0.355 e. The number of nitrogens with zero attached hydrogens (tertiary/aromatic N) is 4. The van der Waals surface area contributed by atoms with Crippen molar-refractivity contribution >= 4 is 11.8 Å². The lowest BCUT2D eigenvalue weighted by molar-refractivity contribution is 0.678. The molecule has 1 aliphatic carbocycles. The van der Waals surface area contributed by atoms with E-state index in [9.17, 15) is 0 Å². The summed E-state index contributed by atoms with van der Waals surface area (Å²) in [6, 6.07) is 0. The van der Waals surface area contributed by atoms with Crippen LogP contribution < -0.4 is 10.2 Å². The molecule has 1 aromatic heterocycles. The van der Waals surface area contributed by atoms with Gasteiger partial charge in [0.15, 0.2) is 5.82 Å². The molecule has 0 bridgehead atoms. The minimum absolute atomic E-state index is 0.645. The summed E-state index contributed by atoms with van der Waals surface area (Å²) in [5.41, 5.74) is 1.57. The summed E-state index contributed by atoms with van der Waals surface area (Å²) in [5.74, 6) is 1.57. The summed E-state index contributed by atoms with van der Waals surface area (Å²) in [6.07, 6.45) is 12.6. The minimum atomic E-state index is 0.645. The van der Waals surface area contributed by atoms with E-state index in [0.717, 1.165) is 44.7 Å². The third kappa shape index (κ3) is 5.28. The molecule has 22 heavy (non-hydrogen) atoms. The van der Waals surface area contributed by atoms with Gasteiger partial charge in [0, 0.05) is 19.6 Å². The highest BCUT2D eigenvalue weighted by atomic mass is 15.3. The van der Waals surface area contributed by atoms with E-state index in [2.05, 4.69) is 45.3 Å². The summed E-state index contributed by atoms with van der Waals surface area (Å²) in [6.45, 7) is 7.29. The molecule has 1 aliphatic rings. The van der Waals surface area contributed by atoms with Crippen molar-refractivity contribution in [2.24, 2.45) is 0 Å². The quantitative estimate of drug-likeness (QED) is 0.703. The number of nitrogens with one attached hydrogen (secondary N) is 1. The molecule has 2 rings (SSSR count). The van der Waals surface area contributed by atoms with Crippen LogP contribution in [0.3, 0.4) is 0 Å². The van der Waals surface area contributed by atoms with Crippen LogP contribution in [-0.2, 0) is 0 Å². The zero-order chi connectivity index (χ0) is 15.6. The van der Waals surface area contributed by atoms with Crippen molar-refractivity contribution in [1.29, 1.82) is 0 Å². The van der Waals surface area contributed by atoms with Gasteiger partial charge in [-0.15, -0.1) is 5.10 Å². The fraction of sp³-hybridized carbons (Fsp3) is 0.706. The Morgan fingerprint density at radius 2 is 2.00 bits per heavy atom. The van der Waals surface area contributed by atoms with Gasteiger partial charge in [-0.1, -0.05) is 25.5 Å². The molecule has 1 heterocycles. The molecule has 0 saturated carbocycles. The van der Waals surface area contributed by atoms with E-state index in [1.165, 1.54) is 25.7 Å². The van der Waals surface area contributed by atoms with Crippen molar-refractivity contribution < 1.29 is 0 Å². The van der Waals surface area contributed by atoms with Crippen LogP contribution in [-0.4, -0.2) is 34.8 Å². The third-order valence-electron chi connectivity index (χ3n) is 3.97. The Balaban J connectivity index is 1.88. The van der Waals surface area contributed by atoms with Gasteiger partial charge >= 0.3 is 0 Å². The normalized spacial score (nSPS) is 14.5. The lowest BCUT2D eigenvalue weighted by atomic mass is 9.97. The average molecular weight is 303 g/mol. The van der Waals surface area contributed by atoms with Gasteiger partial charge in [0.05, 0.1) is 6.20 Å². The van der Waals surface area contributed by atoms with Crippen molar-refractivity contribution in [3.63, 3.8) is 0 Å². The Labute approximate surface area is 134 Å². The standard InChI is InChI=1S/C17H29N5/c1-3-12-22(13-4-2)16-14-19-21-17(20-16)18-11-10-15-8-6-5-7-9-15/h8,14H,3-7,9-13H2,1-2H3,(H,18,20,21). The predicted molar refractivity (Wildman–Crippen MR) is 92.3 cm³/mol. The molecule has 1 N–H and O–H groups in total. The Hall–Kier alpha value is -1.65. The lowest BCUT2D eigenvalue weighted by Gasteiger charge is -2.22. The largest absolute Gasteiger partial charge is 0.355 e. The molecule has 5 nitrogen and oxygen atoms in total. The maximum atomic E-state index is 4.61. The first-order valence-corrected chi connectivity index (χ1v) is 8.70. The summed E-state index contributed by atoms with van der Waals surface area (Å²) < 4.78 is 0. The highest BCUT2D eigenvalue weighted by Crippen LogP contribution is 2.20. The van der Waals surface area contributed by atoms with Crippen LogP contribution in [0.4, 0.5) is 11.8 Å². The second-order valence-electron chi connectivity index (χ2n) is 5.91. The van der Waals surface area contributed by atoms with E-state index >= 15 is 0 Å². The van der Waals surface area contributed by atoms with Crippen LogP contribution in [0.5, 0.6) is 0 Å². The molecule has 0 atom stereocenters. The molecular weight excluding hydrogens is 274 g/mol. The summed E-state index contributed by atoms with van der Waals surface area (Å²) in [5, 5.41) is 11.5. The molecule has 0 aromatic carbocycles. The van der Waals surface area contributed by atoms with Gasteiger partial charge in [-0.3, -0.25) is 0 Å². The van der Waals surface area contributed by atoms with E-state index in [-0.39, 0.29) is 0 Å². The summed E-state index contributed by atoms with van der Waals surface area (Å²) >= 11 is 0. The second-order valence-corrected chi connectivity index (χ2v) is 5.91. The monoisotopic (exact) mass is 303 g/mol. The number of aromatic nitrogens is 3. The van der Waals surface area contributed by atoms with Gasteiger partial charge in [-0.05, 0) is 44.9 Å². The molecule has 5 heteroatoms. The molecular formula is C17H29N5. The highest BCUT2D eigenvalue weighted by Gasteiger charge is 2.09. The first-order chi connectivity index (χ1) is 10.8. The van der Waals surface area contributed by atoms with Gasteiger partial charge in [-0.25, -0.2) is 0 Å². The number of hydrogen-bond donors (Lipinski definition) is 1. The Kier molecular flexibility index (Phi) is 7.13. The van der Waals surface area contributed by atoms with Gasteiger partial charge in [0.2, 0.25) is 5.95 Å². The molecule has 0 spiro atoms. The first-order valence-electron chi connectivity index (χ1n) is 8.70. The zero-order valence-corrected chi connectivity index (χ0v) is 14.0. The predicted octanol–water partition coefficient (Wildman–Crippen LogP) is 3.80. The molecule has 1 aromatic rings. The zero-order valence-electron chi connectivity index (χ0n) is 14.0. The Bertz CT molecular complexity index is 466. The molecule has 0 unspecified atom stereocenters. The molecule has 0 fully saturated rings. The van der Waals surface area contributed by atoms with Crippen molar-refractivity contribution in [3.8, 4) is 0 Å². The molecule has 0 amide bonds. The van der Waals surface area contributed by atoms with Gasteiger partial charge in [0.25, 0.3) is 0 Å². The molecule has 0 aliphatic heterocycles. The number of rotatable bonds is 9. The SMILES string of the molecule is CCCN(CCC)c1cnnc(NCCC2=CCCCC2)n1. The van der Waals surface area contributed by atoms with Crippen molar-refractivity contribution in [3.05, 3.63) is 17.8 Å². The van der Waals surface area contributed by atoms with E-state index in [1.54, 1.807) is 11.8 Å². The first kappa shape index (κ1) is 16.7. The van der Waals surface area contributed by atoms with Crippen LogP contribution >= 0.6 is 0 Å². The van der Waals surface area contributed by atoms with Crippen molar-refractivity contribution in [1.82, 2.24) is 15.2 Å². The molecule has 0 radical (unpaired) electrons. The summed E-state index contributed by atoms with van der Waals surface area (Å²) in [7, 11) is 0.